The van der Waals surface area contributed by atoms with Crippen molar-refractivity contribution in [1.29, 1.82) is 0 Å². The lowest BCUT2D eigenvalue weighted by atomic mass is 9.73. The number of piperidine rings is 1. The van der Waals surface area contributed by atoms with E-state index in [-0.39, 0.29) is 13.0 Å². The summed E-state index contributed by atoms with van der Waals surface area (Å²) in [5.74, 6) is -1.43. The van der Waals surface area contributed by atoms with Gasteiger partial charge in [-0.1, -0.05) is 23.8 Å². The van der Waals surface area contributed by atoms with Gasteiger partial charge in [-0.2, -0.15) is 0 Å². The van der Waals surface area contributed by atoms with Gasteiger partial charge in [0.05, 0.1) is 6.10 Å². The Balaban J connectivity index is 2.25. The highest BCUT2D eigenvalue weighted by atomic mass is 19.1. The van der Waals surface area contributed by atoms with E-state index in [9.17, 15) is 19.4 Å². The molecule has 126 valence electrons. The first-order valence-corrected chi connectivity index (χ1v) is 7.85. The van der Waals surface area contributed by atoms with Crippen LogP contribution in [0.2, 0.25) is 0 Å². The molecule has 0 amide bonds. The topological polar surface area (TPSA) is 60.8 Å². The Labute approximate surface area is 136 Å². The van der Waals surface area contributed by atoms with Crippen LogP contribution in [0.5, 0.6) is 0 Å². The van der Waals surface area contributed by atoms with Crippen LogP contribution in [-0.4, -0.2) is 46.8 Å². The van der Waals surface area contributed by atoms with Crippen molar-refractivity contribution >= 4 is 5.97 Å². The number of aliphatic hydroxyl groups excluding tert-OH is 1. The molecule has 1 aliphatic heterocycles. The number of rotatable bonds is 5. The van der Waals surface area contributed by atoms with Crippen molar-refractivity contribution in [1.82, 2.24) is 4.90 Å². The van der Waals surface area contributed by atoms with Crippen LogP contribution in [0.3, 0.4) is 0 Å². The van der Waals surface area contributed by atoms with Crippen LogP contribution in [0.1, 0.15) is 25.8 Å². The number of carboxylic acids is 1. The normalized spacial score (nSPS) is 25.1. The summed E-state index contributed by atoms with van der Waals surface area (Å²) in [6, 6.07) is 5.94. The van der Waals surface area contributed by atoms with Gasteiger partial charge in [0, 0.05) is 19.6 Å². The zero-order valence-electron chi connectivity index (χ0n) is 13.6. The molecular weight excluding hydrogens is 297 g/mol. The summed E-state index contributed by atoms with van der Waals surface area (Å²) in [5.41, 5.74) is 0.458. The summed E-state index contributed by atoms with van der Waals surface area (Å²) in [4.78, 5) is 14.0. The Bertz CT molecular complexity index is 598. The lowest BCUT2D eigenvalue weighted by Gasteiger charge is -2.43. The molecule has 5 heteroatoms. The number of nitrogens with zero attached hydrogens (tertiary/aromatic N) is 1. The van der Waals surface area contributed by atoms with Gasteiger partial charge in [0.15, 0.2) is 0 Å². The number of carbonyl (C=O) groups is 1. The number of aliphatic hydroxyl groups is 1. The summed E-state index contributed by atoms with van der Waals surface area (Å²) in [6.45, 7) is 5.56. The Morgan fingerprint density at radius 1 is 1.48 bits per heavy atom. The Morgan fingerprint density at radius 2 is 2.22 bits per heavy atom. The monoisotopic (exact) mass is 321 g/mol. The van der Waals surface area contributed by atoms with Crippen LogP contribution in [0.15, 0.2) is 35.9 Å². The first kappa shape index (κ1) is 17.6. The minimum Gasteiger partial charge on any atom is -0.481 e. The quantitative estimate of drug-likeness (QED) is 0.818. The van der Waals surface area contributed by atoms with E-state index in [1.807, 2.05) is 24.8 Å². The number of allylic oxidation sites excluding steroid dienone is 1. The van der Waals surface area contributed by atoms with Gasteiger partial charge in [-0.05, 0) is 44.4 Å². The molecule has 1 aromatic carbocycles. The van der Waals surface area contributed by atoms with Crippen molar-refractivity contribution in [3.63, 3.8) is 0 Å². The van der Waals surface area contributed by atoms with Crippen molar-refractivity contribution in [2.24, 2.45) is 5.41 Å². The number of benzene rings is 1. The van der Waals surface area contributed by atoms with E-state index in [0.29, 0.717) is 25.1 Å². The van der Waals surface area contributed by atoms with Gasteiger partial charge in [0.1, 0.15) is 11.2 Å². The fourth-order valence-electron chi connectivity index (χ4n) is 3.10. The van der Waals surface area contributed by atoms with E-state index in [2.05, 4.69) is 0 Å². The SMILES string of the molecule is CC(C)=CCN1CC[C@@H](O)[C@](Cc2cccc(F)c2)(C(=O)O)C1. The molecule has 4 nitrogen and oxygen atoms in total. The molecule has 2 atom stereocenters. The smallest absolute Gasteiger partial charge is 0.313 e. The molecule has 0 spiro atoms. The molecule has 0 aliphatic carbocycles. The second-order valence-electron chi connectivity index (χ2n) is 6.59. The third-order valence-corrected chi connectivity index (χ3v) is 4.45. The van der Waals surface area contributed by atoms with E-state index in [4.69, 9.17) is 0 Å². The van der Waals surface area contributed by atoms with E-state index >= 15 is 0 Å². The minimum atomic E-state index is -1.30. The molecule has 0 radical (unpaired) electrons. The fraction of sp³-hybridized carbons (Fsp3) is 0.500. The van der Waals surface area contributed by atoms with Crippen molar-refractivity contribution in [2.75, 3.05) is 19.6 Å². The van der Waals surface area contributed by atoms with Crippen molar-refractivity contribution in [3.05, 3.63) is 47.3 Å². The van der Waals surface area contributed by atoms with Gasteiger partial charge in [-0.15, -0.1) is 0 Å². The molecular formula is C18H24FNO3. The molecule has 0 bridgehead atoms. The highest BCUT2D eigenvalue weighted by molar-refractivity contribution is 5.76. The number of hydrogen-bond acceptors (Lipinski definition) is 3. The third-order valence-electron chi connectivity index (χ3n) is 4.45. The Morgan fingerprint density at radius 3 is 2.83 bits per heavy atom. The zero-order valence-corrected chi connectivity index (χ0v) is 13.6. The summed E-state index contributed by atoms with van der Waals surface area (Å²) >= 11 is 0. The molecule has 2 rings (SSSR count). The van der Waals surface area contributed by atoms with Gasteiger partial charge >= 0.3 is 5.97 Å². The van der Waals surface area contributed by atoms with Crippen LogP contribution < -0.4 is 0 Å². The maximum Gasteiger partial charge on any atom is 0.313 e. The molecule has 2 N–H and O–H groups in total. The van der Waals surface area contributed by atoms with Crippen molar-refractivity contribution < 1.29 is 19.4 Å². The predicted octanol–water partition coefficient (Wildman–Crippen LogP) is 2.47. The molecule has 0 saturated carbocycles. The van der Waals surface area contributed by atoms with Crippen molar-refractivity contribution in [2.45, 2.75) is 32.8 Å². The maximum absolute atomic E-state index is 13.4. The molecule has 1 aromatic rings. The van der Waals surface area contributed by atoms with Gasteiger partial charge in [-0.3, -0.25) is 9.69 Å². The van der Waals surface area contributed by atoms with Crippen LogP contribution in [0, 0.1) is 11.2 Å². The summed E-state index contributed by atoms with van der Waals surface area (Å²) in [5, 5.41) is 20.2. The molecule has 1 fully saturated rings. The average Bonchev–Trinajstić information content (AvgIpc) is 2.48. The number of carboxylic acid groups (broad SMARTS) is 1. The Hall–Kier alpha value is -1.72. The lowest BCUT2D eigenvalue weighted by molar-refractivity contribution is -0.163. The van der Waals surface area contributed by atoms with E-state index in [1.54, 1.807) is 12.1 Å². The largest absolute Gasteiger partial charge is 0.481 e. The number of hydrogen-bond donors (Lipinski definition) is 2. The van der Waals surface area contributed by atoms with Crippen LogP contribution in [-0.2, 0) is 11.2 Å². The van der Waals surface area contributed by atoms with Crippen molar-refractivity contribution in [3.8, 4) is 0 Å². The number of likely N-dealkylation sites (tertiary alicyclic amines) is 1. The number of aliphatic carboxylic acids is 1. The Kier molecular flexibility index (Phi) is 5.55. The van der Waals surface area contributed by atoms with E-state index in [1.165, 1.54) is 17.7 Å². The highest BCUT2D eigenvalue weighted by Crippen LogP contribution is 2.35. The first-order chi connectivity index (χ1) is 10.8. The zero-order chi connectivity index (χ0) is 17.0. The van der Waals surface area contributed by atoms with Crippen LogP contribution in [0.25, 0.3) is 0 Å². The van der Waals surface area contributed by atoms with Crippen LogP contribution >= 0.6 is 0 Å². The molecule has 1 saturated heterocycles. The average molecular weight is 321 g/mol. The van der Waals surface area contributed by atoms with Gasteiger partial charge in [0.25, 0.3) is 0 Å². The molecule has 0 aromatic heterocycles. The van der Waals surface area contributed by atoms with Gasteiger partial charge in [0.2, 0.25) is 0 Å². The fourth-order valence-corrected chi connectivity index (χ4v) is 3.10. The maximum atomic E-state index is 13.4. The standard InChI is InChI=1S/C18H24FNO3/c1-13(2)6-8-20-9-7-16(21)18(12-20,17(22)23)11-14-4-3-5-15(19)10-14/h3-6,10,16,21H,7-9,11-12H2,1-2H3,(H,22,23)/t16-,18-/m1/s1. The summed E-state index contributed by atoms with van der Waals surface area (Å²) < 4.78 is 13.4. The van der Waals surface area contributed by atoms with Gasteiger partial charge < -0.3 is 10.2 Å². The molecule has 1 aliphatic rings. The third kappa shape index (κ3) is 4.18. The second kappa shape index (κ2) is 7.23. The first-order valence-electron chi connectivity index (χ1n) is 7.85. The second-order valence-corrected chi connectivity index (χ2v) is 6.59. The number of halogens is 1. The van der Waals surface area contributed by atoms with E-state index < -0.39 is 23.3 Å². The predicted molar refractivity (Wildman–Crippen MR) is 86.7 cm³/mol. The molecule has 0 unspecified atom stereocenters. The van der Waals surface area contributed by atoms with Gasteiger partial charge in [-0.25, -0.2) is 4.39 Å². The minimum absolute atomic E-state index is 0.118. The lowest BCUT2D eigenvalue weighted by Crippen LogP contribution is -2.57. The summed E-state index contributed by atoms with van der Waals surface area (Å²) in [7, 11) is 0. The van der Waals surface area contributed by atoms with Crippen LogP contribution in [0.4, 0.5) is 4.39 Å². The molecule has 1 heterocycles. The summed E-state index contributed by atoms with van der Waals surface area (Å²) in [6.07, 6.45) is 1.63. The van der Waals surface area contributed by atoms with E-state index in [0.717, 1.165) is 0 Å². The highest BCUT2D eigenvalue weighted by Gasteiger charge is 2.49. The molecule has 23 heavy (non-hydrogen) atoms.